The highest BCUT2D eigenvalue weighted by molar-refractivity contribution is 5.78. The number of nitrogens with zero attached hydrogens (tertiary/aromatic N) is 1. The number of esters is 1. The number of carbonyl (C=O) groups is 1. The minimum absolute atomic E-state index is 0.0165. The zero-order valence-electron chi connectivity index (χ0n) is 12.4. The van der Waals surface area contributed by atoms with Crippen molar-refractivity contribution in [3.63, 3.8) is 0 Å². The molecule has 0 radical (unpaired) electrons. The SMILES string of the molecule is C[C@@H]1C[C@H](N2CCC[C@H]2C[C@@H](O)c2ccccc2)C(=O)O1. The third kappa shape index (κ3) is 3.11. The van der Waals surface area contributed by atoms with Gasteiger partial charge in [-0.15, -0.1) is 0 Å². The lowest BCUT2D eigenvalue weighted by Gasteiger charge is -2.29. The smallest absolute Gasteiger partial charge is 0.323 e. The fourth-order valence-corrected chi connectivity index (χ4v) is 3.60. The van der Waals surface area contributed by atoms with Crippen LogP contribution in [0.25, 0.3) is 0 Å². The van der Waals surface area contributed by atoms with Crippen molar-refractivity contribution in [3.05, 3.63) is 35.9 Å². The highest BCUT2D eigenvalue weighted by Gasteiger charge is 2.41. The molecule has 0 spiro atoms. The second-order valence-electron chi connectivity index (χ2n) is 6.20. The van der Waals surface area contributed by atoms with E-state index in [4.69, 9.17) is 4.74 Å². The van der Waals surface area contributed by atoms with E-state index in [1.165, 1.54) is 0 Å². The number of cyclic esters (lactones) is 1. The van der Waals surface area contributed by atoms with Gasteiger partial charge in [-0.25, -0.2) is 0 Å². The Morgan fingerprint density at radius 1 is 1.38 bits per heavy atom. The van der Waals surface area contributed by atoms with E-state index in [0.29, 0.717) is 6.42 Å². The van der Waals surface area contributed by atoms with Crippen molar-refractivity contribution in [2.24, 2.45) is 0 Å². The van der Waals surface area contributed by atoms with Crippen molar-refractivity contribution >= 4 is 5.97 Å². The van der Waals surface area contributed by atoms with Gasteiger partial charge in [0.2, 0.25) is 0 Å². The number of hydrogen-bond donors (Lipinski definition) is 1. The molecule has 0 unspecified atom stereocenters. The number of benzene rings is 1. The van der Waals surface area contributed by atoms with Gasteiger partial charge in [0.05, 0.1) is 6.10 Å². The lowest BCUT2D eigenvalue weighted by atomic mass is 9.99. The number of ether oxygens (including phenoxy) is 1. The van der Waals surface area contributed by atoms with Crippen molar-refractivity contribution in [2.45, 2.75) is 56.9 Å². The molecular weight excluding hydrogens is 266 g/mol. The summed E-state index contributed by atoms with van der Waals surface area (Å²) in [5.41, 5.74) is 0.951. The van der Waals surface area contributed by atoms with E-state index in [9.17, 15) is 9.90 Å². The van der Waals surface area contributed by atoms with Gasteiger partial charge in [0.15, 0.2) is 0 Å². The van der Waals surface area contributed by atoms with Crippen LogP contribution in [0.3, 0.4) is 0 Å². The van der Waals surface area contributed by atoms with E-state index >= 15 is 0 Å². The maximum absolute atomic E-state index is 11.9. The maximum Gasteiger partial charge on any atom is 0.323 e. The van der Waals surface area contributed by atoms with E-state index < -0.39 is 6.10 Å². The molecule has 0 aromatic heterocycles. The predicted octanol–water partition coefficient (Wildman–Crippen LogP) is 2.28. The molecule has 0 amide bonds. The van der Waals surface area contributed by atoms with Gasteiger partial charge in [0.1, 0.15) is 12.1 Å². The summed E-state index contributed by atoms with van der Waals surface area (Å²) in [7, 11) is 0. The van der Waals surface area contributed by atoms with Crippen LogP contribution in [0, 0.1) is 0 Å². The molecule has 21 heavy (non-hydrogen) atoms. The van der Waals surface area contributed by atoms with Crippen LogP contribution >= 0.6 is 0 Å². The molecule has 0 saturated carbocycles. The molecule has 1 N–H and O–H groups in total. The Balaban J connectivity index is 1.66. The van der Waals surface area contributed by atoms with Crippen LogP contribution in [0.1, 0.15) is 44.3 Å². The largest absolute Gasteiger partial charge is 0.461 e. The predicted molar refractivity (Wildman–Crippen MR) is 79.7 cm³/mol. The van der Waals surface area contributed by atoms with Crippen LogP contribution in [-0.4, -0.2) is 40.7 Å². The fraction of sp³-hybridized carbons (Fsp3) is 0.588. The molecule has 1 aromatic rings. The molecule has 1 aromatic carbocycles. The standard InChI is InChI=1S/C17H23NO3/c1-12-10-15(17(20)21-12)18-9-5-8-14(18)11-16(19)13-6-3-2-4-7-13/h2-4,6-7,12,14-16,19H,5,8-11H2,1H3/t12-,14+,15+,16-/m1/s1. The Kier molecular flexibility index (Phi) is 4.27. The monoisotopic (exact) mass is 289 g/mol. The molecule has 2 aliphatic rings. The van der Waals surface area contributed by atoms with Crippen LogP contribution < -0.4 is 0 Å². The Morgan fingerprint density at radius 2 is 2.14 bits per heavy atom. The van der Waals surface area contributed by atoms with E-state index in [1.807, 2.05) is 37.3 Å². The molecule has 3 rings (SSSR count). The average Bonchev–Trinajstić information content (AvgIpc) is 3.05. The maximum atomic E-state index is 11.9. The summed E-state index contributed by atoms with van der Waals surface area (Å²) in [5.74, 6) is -0.0939. The zero-order valence-corrected chi connectivity index (χ0v) is 12.4. The van der Waals surface area contributed by atoms with Gasteiger partial charge in [0.25, 0.3) is 0 Å². The Bertz CT molecular complexity index is 490. The van der Waals surface area contributed by atoms with Crippen molar-refractivity contribution < 1.29 is 14.6 Å². The summed E-state index contributed by atoms with van der Waals surface area (Å²) in [5, 5.41) is 10.4. The Labute approximate surface area is 125 Å². The van der Waals surface area contributed by atoms with E-state index in [-0.39, 0.29) is 24.2 Å². The molecule has 4 nitrogen and oxygen atoms in total. The third-order valence-corrected chi connectivity index (χ3v) is 4.65. The number of aliphatic hydroxyl groups is 1. The average molecular weight is 289 g/mol. The minimum atomic E-state index is -0.466. The summed E-state index contributed by atoms with van der Waals surface area (Å²) in [4.78, 5) is 14.2. The summed E-state index contributed by atoms with van der Waals surface area (Å²) >= 11 is 0. The molecule has 4 atom stereocenters. The molecule has 2 saturated heterocycles. The minimum Gasteiger partial charge on any atom is -0.461 e. The van der Waals surface area contributed by atoms with Crippen molar-refractivity contribution in [1.82, 2.24) is 4.90 Å². The van der Waals surface area contributed by atoms with Crippen LogP contribution in [0.2, 0.25) is 0 Å². The van der Waals surface area contributed by atoms with Gasteiger partial charge in [-0.3, -0.25) is 9.69 Å². The van der Waals surface area contributed by atoms with Crippen LogP contribution in [0.15, 0.2) is 30.3 Å². The fourth-order valence-electron chi connectivity index (χ4n) is 3.60. The lowest BCUT2D eigenvalue weighted by molar-refractivity contribution is -0.145. The number of aliphatic hydroxyl groups excluding tert-OH is 1. The van der Waals surface area contributed by atoms with Crippen molar-refractivity contribution in [2.75, 3.05) is 6.54 Å². The van der Waals surface area contributed by atoms with Gasteiger partial charge < -0.3 is 9.84 Å². The molecule has 2 fully saturated rings. The van der Waals surface area contributed by atoms with E-state index in [2.05, 4.69) is 4.90 Å². The molecule has 4 heteroatoms. The normalized spacial score (nSPS) is 31.3. The van der Waals surface area contributed by atoms with Gasteiger partial charge in [-0.2, -0.15) is 0 Å². The molecular formula is C17H23NO3. The van der Waals surface area contributed by atoms with Crippen LogP contribution in [0.4, 0.5) is 0 Å². The first-order valence-corrected chi connectivity index (χ1v) is 7.84. The second-order valence-corrected chi connectivity index (χ2v) is 6.20. The lowest BCUT2D eigenvalue weighted by Crippen LogP contribution is -2.42. The molecule has 0 bridgehead atoms. The number of likely N-dealkylation sites (tertiary alicyclic amines) is 1. The topological polar surface area (TPSA) is 49.8 Å². The van der Waals surface area contributed by atoms with Gasteiger partial charge in [0, 0.05) is 12.5 Å². The summed E-state index contributed by atoms with van der Waals surface area (Å²) < 4.78 is 5.28. The first-order valence-electron chi connectivity index (χ1n) is 7.84. The number of rotatable bonds is 4. The molecule has 114 valence electrons. The zero-order chi connectivity index (χ0) is 14.8. The van der Waals surface area contributed by atoms with E-state index in [0.717, 1.165) is 31.4 Å². The first-order chi connectivity index (χ1) is 10.1. The number of carbonyl (C=O) groups excluding carboxylic acids is 1. The van der Waals surface area contributed by atoms with E-state index in [1.54, 1.807) is 0 Å². The summed E-state index contributed by atoms with van der Waals surface area (Å²) in [6.45, 7) is 2.88. The summed E-state index contributed by atoms with van der Waals surface area (Å²) in [6.07, 6.45) is 3.14. The van der Waals surface area contributed by atoms with Gasteiger partial charge in [-0.05, 0) is 38.3 Å². The Hall–Kier alpha value is -1.39. The van der Waals surface area contributed by atoms with Crippen LogP contribution in [-0.2, 0) is 9.53 Å². The summed E-state index contributed by atoms with van der Waals surface area (Å²) in [6, 6.07) is 9.90. The Morgan fingerprint density at radius 3 is 2.81 bits per heavy atom. The van der Waals surface area contributed by atoms with Gasteiger partial charge >= 0.3 is 5.97 Å². The quantitative estimate of drug-likeness (QED) is 0.864. The highest BCUT2D eigenvalue weighted by atomic mass is 16.6. The number of hydrogen-bond acceptors (Lipinski definition) is 4. The van der Waals surface area contributed by atoms with Gasteiger partial charge in [-0.1, -0.05) is 30.3 Å². The first kappa shape index (κ1) is 14.5. The van der Waals surface area contributed by atoms with Crippen molar-refractivity contribution in [1.29, 1.82) is 0 Å². The molecule has 0 aliphatic carbocycles. The molecule has 2 heterocycles. The highest BCUT2D eigenvalue weighted by Crippen LogP contribution is 2.32. The second kappa shape index (κ2) is 6.16. The molecule has 2 aliphatic heterocycles. The van der Waals surface area contributed by atoms with Crippen molar-refractivity contribution in [3.8, 4) is 0 Å². The van der Waals surface area contributed by atoms with Crippen LogP contribution in [0.5, 0.6) is 0 Å². The third-order valence-electron chi connectivity index (χ3n) is 4.65.